The van der Waals surface area contributed by atoms with Crippen molar-refractivity contribution >= 4 is 11.9 Å². The van der Waals surface area contributed by atoms with Gasteiger partial charge in [0.15, 0.2) is 0 Å². The van der Waals surface area contributed by atoms with Crippen LogP contribution in [0.4, 0.5) is 0 Å². The minimum absolute atomic E-state index is 0.178. The van der Waals surface area contributed by atoms with Crippen molar-refractivity contribution in [2.75, 3.05) is 19.6 Å². The number of nitrogens with zero attached hydrogens (tertiary/aromatic N) is 1. The van der Waals surface area contributed by atoms with Gasteiger partial charge in [0, 0.05) is 6.54 Å². The SMILES string of the molecule is O=C(O)CN(CC(=O)O)CC1CCCCC1. The summed E-state index contributed by atoms with van der Waals surface area (Å²) >= 11 is 0. The Kier molecular flexibility index (Phi) is 5.25. The zero-order valence-corrected chi connectivity index (χ0v) is 9.39. The molecule has 0 aliphatic heterocycles. The number of carbonyl (C=O) groups is 2. The summed E-state index contributed by atoms with van der Waals surface area (Å²) < 4.78 is 0. The molecule has 1 aliphatic carbocycles. The lowest BCUT2D eigenvalue weighted by atomic mass is 9.89. The number of carboxylic acids is 2. The smallest absolute Gasteiger partial charge is 0.317 e. The third-order valence-electron chi connectivity index (χ3n) is 2.96. The molecule has 92 valence electrons. The van der Waals surface area contributed by atoms with Gasteiger partial charge in [0.25, 0.3) is 0 Å². The zero-order valence-electron chi connectivity index (χ0n) is 9.39. The molecule has 0 unspecified atom stereocenters. The third-order valence-corrected chi connectivity index (χ3v) is 2.96. The Labute approximate surface area is 95.1 Å². The van der Waals surface area contributed by atoms with Gasteiger partial charge in [-0.05, 0) is 18.8 Å². The van der Waals surface area contributed by atoms with Crippen molar-refractivity contribution in [2.24, 2.45) is 5.92 Å². The summed E-state index contributed by atoms with van der Waals surface area (Å²) in [4.78, 5) is 22.7. The van der Waals surface area contributed by atoms with Crippen LogP contribution in [-0.2, 0) is 9.59 Å². The fourth-order valence-electron chi connectivity index (χ4n) is 2.30. The van der Waals surface area contributed by atoms with Crippen molar-refractivity contribution in [3.63, 3.8) is 0 Å². The molecular weight excluding hydrogens is 210 g/mol. The third kappa shape index (κ3) is 5.11. The summed E-state index contributed by atoms with van der Waals surface area (Å²) in [6, 6.07) is 0. The van der Waals surface area contributed by atoms with Gasteiger partial charge in [0.2, 0.25) is 0 Å². The normalized spacial score (nSPS) is 17.6. The van der Waals surface area contributed by atoms with Gasteiger partial charge in [-0.3, -0.25) is 14.5 Å². The Hall–Kier alpha value is -1.10. The van der Waals surface area contributed by atoms with Crippen LogP contribution in [0.15, 0.2) is 0 Å². The van der Waals surface area contributed by atoms with E-state index in [2.05, 4.69) is 0 Å². The quantitative estimate of drug-likeness (QED) is 0.711. The standard InChI is InChI=1S/C11H19NO4/c13-10(14)7-12(8-11(15)16)6-9-4-2-1-3-5-9/h9H,1-8H2,(H,13,14)(H,15,16). The average molecular weight is 229 g/mol. The first-order valence-electron chi connectivity index (χ1n) is 5.74. The summed E-state index contributed by atoms with van der Waals surface area (Å²) in [5, 5.41) is 17.4. The van der Waals surface area contributed by atoms with Gasteiger partial charge < -0.3 is 10.2 Å². The highest BCUT2D eigenvalue weighted by Gasteiger charge is 2.20. The van der Waals surface area contributed by atoms with E-state index < -0.39 is 11.9 Å². The Balaban J connectivity index is 2.40. The molecule has 5 nitrogen and oxygen atoms in total. The lowest BCUT2D eigenvalue weighted by Gasteiger charge is -2.27. The number of rotatable bonds is 6. The van der Waals surface area contributed by atoms with E-state index in [0.29, 0.717) is 12.5 Å². The van der Waals surface area contributed by atoms with Crippen LogP contribution < -0.4 is 0 Å². The fraction of sp³-hybridized carbons (Fsp3) is 0.818. The van der Waals surface area contributed by atoms with Gasteiger partial charge >= 0.3 is 11.9 Å². The molecule has 0 radical (unpaired) electrons. The first kappa shape index (κ1) is 13.0. The molecule has 0 heterocycles. The van der Waals surface area contributed by atoms with Crippen LogP contribution in [0.5, 0.6) is 0 Å². The monoisotopic (exact) mass is 229 g/mol. The number of hydrogen-bond donors (Lipinski definition) is 2. The second-order valence-corrected chi connectivity index (χ2v) is 4.46. The molecular formula is C11H19NO4. The number of hydrogen-bond acceptors (Lipinski definition) is 3. The molecule has 0 amide bonds. The van der Waals surface area contributed by atoms with Crippen molar-refractivity contribution in [1.82, 2.24) is 4.90 Å². The molecule has 16 heavy (non-hydrogen) atoms. The van der Waals surface area contributed by atoms with Gasteiger partial charge in [-0.15, -0.1) is 0 Å². The highest BCUT2D eigenvalue weighted by atomic mass is 16.4. The zero-order chi connectivity index (χ0) is 12.0. The number of carboxylic acid groups (broad SMARTS) is 2. The van der Waals surface area contributed by atoms with Crippen LogP contribution >= 0.6 is 0 Å². The van der Waals surface area contributed by atoms with Crippen LogP contribution in [0.25, 0.3) is 0 Å². The van der Waals surface area contributed by atoms with Gasteiger partial charge in [-0.25, -0.2) is 0 Å². The lowest BCUT2D eigenvalue weighted by Crippen LogP contribution is -2.38. The van der Waals surface area contributed by atoms with E-state index >= 15 is 0 Å². The minimum Gasteiger partial charge on any atom is -0.480 e. The summed E-state index contributed by atoms with van der Waals surface area (Å²) in [5.74, 6) is -1.46. The highest BCUT2D eigenvalue weighted by Crippen LogP contribution is 2.24. The fourth-order valence-corrected chi connectivity index (χ4v) is 2.30. The van der Waals surface area contributed by atoms with Gasteiger partial charge in [-0.2, -0.15) is 0 Å². The largest absolute Gasteiger partial charge is 0.480 e. The molecule has 1 rings (SSSR count). The second kappa shape index (κ2) is 6.48. The maximum absolute atomic E-state index is 10.6. The predicted molar refractivity (Wildman–Crippen MR) is 58.3 cm³/mol. The van der Waals surface area contributed by atoms with Crippen molar-refractivity contribution in [3.05, 3.63) is 0 Å². The Morgan fingerprint density at radius 3 is 1.94 bits per heavy atom. The van der Waals surface area contributed by atoms with E-state index in [9.17, 15) is 9.59 Å². The summed E-state index contributed by atoms with van der Waals surface area (Å²) in [6.07, 6.45) is 5.79. The molecule has 2 N–H and O–H groups in total. The molecule has 0 aromatic rings. The summed E-state index contributed by atoms with van der Waals surface area (Å²) in [7, 11) is 0. The predicted octanol–water partition coefficient (Wildman–Crippen LogP) is 1.04. The van der Waals surface area contributed by atoms with E-state index in [1.165, 1.54) is 24.2 Å². The Morgan fingerprint density at radius 2 is 1.50 bits per heavy atom. The van der Waals surface area contributed by atoms with E-state index in [-0.39, 0.29) is 13.1 Å². The van der Waals surface area contributed by atoms with E-state index in [4.69, 9.17) is 10.2 Å². The summed E-state index contributed by atoms with van der Waals surface area (Å²) in [6.45, 7) is 0.240. The van der Waals surface area contributed by atoms with Crippen molar-refractivity contribution in [2.45, 2.75) is 32.1 Å². The molecule has 0 saturated heterocycles. The highest BCUT2D eigenvalue weighted by molar-refractivity contribution is 5.72. The molecule has 0 aromatic heterocycles. The topological polar surface area (TPSA) is 77.8 Å². The van der Waals surface area contributed by atoms with Crippen molar-refractivity contribution in [3.8, 4) is 0 Å². The minimum atomic E-state index is -0.961. The molecule has 1 saturated carbocycles. The van der Waals surface area contributed by atoms with E-state index in [1.54, 1.807) is 0 Å². The van der Waals surface area contributed by atoms with Gasteiger partial charge in [0.1, 0.15) is 0 Å². The molecule has 0 spiro atoms. The first-order chi connectivity index (χ1) is 7.58. The molecule has 1 aliphatic rings. The Morgan fingerprint density at radius 1 is 1.00 bits per heavy atom. The average Bonchev–Trinajstić information content (AvgIpc) is 2.16. The van der Waals surface area contributed by atoms with E-state index in [1.807, 2.05) is 0 Å². The molecule has 1 fully saturated rings. The molecule has 5 heteroatoms. The number of aliphatic carboxylic acids is 2. The van der Waals surface area contributed by atoms with Crippen LogP contribution in [0, 0.1) is 5.92 Å². The maximum atomic E-state index is 10.6. The molecule has 0 aromatic carbocycles. The first-order valence-corrected chi connectivity index (χ1v) is 5.74. The van der Waals surface area contributed by atoms with E-state index in [0.717, 1.165) is 12.8 Å². The lowest BCUT2D eigenvalue weighted by molar-refractivity contribution is -0.142. The maximum Gasteiger partial charge on any atom is 0.317 e. The van der Waals surface area contributed by atoms with Crippen LogP contribution in [-0.4, -0.2) is 46.7 Å². The van der Waals surface area contributed by atoms with Crippen molar-refractivity contribution in [1.29, 1.82) is 0 Å². The van der Waals surface area contributed by atoms with Crippen molar-refractivity contribution < 1.29 is 19.8 Å². The molecule has 0 bridgehead atoms. The molecule has 0 atom stereocenters. The summed E-state index contributed by atoms with van der Waals surface area (Å²) in [5.41, 5.74) is 0. The van der Waals surface area contributed by atoms with Crippen LogP contribution in [0.2, 0.25) is 0 Å². The second-order valence-electron chi connectivity index (χ2n) is 4.46. The van der Waals surface area contributed by atoms with Crippen LogP contribution in [0.3, 0.4) is 0 Å². The van der Waals surface area contributed by atoms with Crippen LogP contribution in [0.1, 0.15) is 32.1 Å². The van der Waals surface area contributed by atoms with Gasteiger partial charge in [-0.1, -0.05) is 19.3 Å². The Bertz CT molecular complexity index is 232. The van der Waals surface area contributed by atoms with Gasteiger partial charge in [0.05, 0.1) is 13.1 Å².